The largest absolute Gasteiger partial charge is 1.00 e. The van der Waals surface area contributed by atoms with Gasteiger partial charge in [-0.3, -0.25) is 4.98 Å². The smallest absolute Gasteiger partial charge is 0.744 e. The van der Waals surface area contributed by atoms with Gasteiger partial charge in [-0.2, -0.15) is 0 Å². The number of phenols is 1. The normalized spacial score (nSPS) is 10.9. The molecule has 4 aromatic rings. The van der Waals surface area contributed by atoms with Crippen LogP contribution in [0.2, 0.25) is 0 Å². The van der Waals surface area contributed by atoms with E-state index in [-0.39, 0.29) is 40.2 Å². The second kappa shape index (κ2) is 10.9. The molecule has 0 fully saturated rings. The Labute approximate surface area is 198 Å². The Kier molecular flexibility index (Phi) is 8.82. The van der Waals surface area contributed by atoms with Gasteiger partial charge in [0, 0.05) is 11.6 Å². The van der Waals surface area contributed by atoms with Gasteiger partial charge in [-0.25, -0.2) is 8.42 Å². The Balaban J connectivity index is 0.000000229. The molecule has 5 nitrogen and oxygen atoms in total. The summed E-state index contributed by atoms with van der Waals surface area (Å²) < 4.78 is 34.4. The van der Waals surface area contributed by atoms with Gasteiger partial charge in [-0.05, 0) is 41.3 Å². The maximum atomic E-state index is 11.5. The molecule has 0 spiro atoms. The van der Waals surface area contributed by atoms with E-state index in [4.69, 9.17) is 0 Å². The van der Waals surface area contributed by atoms with Gasteiger partial charge in [0.05, 0.1) is 4.90 Å². The first-order valence-corrected chi connectivity index (χ1v) is 10.8. The van der Waals surface area contributed by atoms with Crippen molar-refractivity contribution in [2.24, 2.45) is 0 Å². The third-order valence-electron chi connectivity index (χ3n) is 4.62. The topological polar surface area (TPSA) is 90.3 Å². The fraction of sp³-hybridized carbons (Fsp3) is 0.174. The van der Waals surface area contributed by atoms with Gasteiger partial charge >= 0.3 is 29.6 Å². The summed E-state index contributed by atoms with van der Waals surface area (Å²) in [6.45, 7) is 2.03. The molecule has 0 aliphatic heterocycles. The Morgan fingerprint density at radius 1 is 0.933 bits per heavy atom. The van der Waals surface area contributed by atoms with Crippen molar-refractivity contribution in [2.75, 3.05) is 0 Å². The van der Waals surface area contributed by atoms with E-state index in [0.717, 1.165) is 23.6 Å². The summed E-state index contributed by atoms with van der Waals surface area (Å²) in [7, 11) is -4.44. The van der Waals surface area contributed by atoms with Crippen LogP contribution in [0.1, 0.15) is 25.3 Å². The summed E-state index contributed by atoms with van der Waals surface area (Å²) >= 11 is 0. The molecule has 30 heavy (non-hydrogen) atoms. The first kappa shape index (κ1) is 24.3. The second-order valence-corrected chi connectivity index (χ2v) is 8.00. The Morgan fingerprint density at radius 2 is 1.63 bits per heavy atom. The SMILES string of the molecule is CCCCc1ccc2ccccc2c1S(=O)(=O)[O-].Oc1cccc2cccnc12.[Na+]. The molecule has 0 saturated carbocycles. The van der Waals surface area contributed by atoms with Gasteiger partial charge in [0.1, 0.15) is 21.4 Å². The van der Waals surface area contributed by atoms with Crippen LogP contribution in [0.25, 0.3) is 21.7 Å². The van der Waals surface area contributed by atoms with E-state index in [1.165, 1.54) is 0 Å². The van der Waals surface area contributed by atoms with E-state index in [1.54, 1.807) is 36.5 Å². The molecule has 1 heterocycles. The fourth-order valence-electron chi connectivity index (χ4n) is 3.24. The van der Waals surface area contributed by atoms with Gasteiger partial charge in [-0.15, -0.1) is 0 Å². The van der Waals surface area contributed by atoms with Gasteiger partial charge < -0.3 is 9.66 Å². The number of hydrogen-bond donors (Lipinski definition) is 1. The van der Waals surface area contributed by atoms with Gasteiger partial charge in [0.2, 0.25) is 0 Å². The molecule has 0 unspecified atom stereocenters. The van der Waals surface area contributed by atoms with Gasteiger partial charge in [-0.1, -0.05) is 67.9 Å². The number of nitrogens with zero attached hydrogens (tertiary/aromatic N) is 1. The molecule has 0 bridgehead atoms. The van der Waals surface area contributed by atoms with Crippen LogP contribution in [0.5, 0.6) is 5.75 Å². The first-order chi connectivity index (χ1) is 13.9. The first-order valence-electron chi connectivity index (χ1n) is 9.41. The van der Waals surface area contributed by atoms with Crippen molar-refractivity contribution in [1.82, 2.24) is 4.98 Å². The minimum absolute atomic E-state index is 0. The zero-order valence-electron chi connectivity index (χ0n) is 17.1. The number of para-hydroxylation sites is 1. The number of phenolic OH excluding ortho intramolecular Hbond substituents is 1. The predicted molar refractivity (Wildman–Crippen MR) is 114 cm³/mol. The summed E-state index contributed by atoms with van der Waals surface area (Å²) in [6.07, 6.45) is 4.13. The number of pyridine rings is 1. The molecule has 3 aromatic carbocycles. The molecule has 150 valence electrons. The number of aromatic hydroxyl groups is 1. The Morgan fingerprint density at radius 3 is 2.33 bits per heavy atom. The van der Waals surface area contributed by atoms with Crippen molar-refractivity contribution in [3.05, 3.63) is 78.5 Å². The van der Waals surface area contributed by atoms with Crippen LogP contribution in [0, 0.1) is 0 Å². The van der Waals surface area contributed by atoms with Crippen LogP contribution in [0.15, 0.2) is 77.8 Å². The van der Waals surface area contributed by atoms with Crippen LogP contribution < -0.4 is 29.6 Å². The summed E-state index contributed by atoms with van der Waals surface area (Å²) in [5.74, 6) is 0.239. The third kappa shape index (κ3) is 5.80. The quantitative estimate of drug-likeness (QED) is 0.394. The van der Waals surface area contributed by atoms with E-state index in [9.17, 15) is 18.1 Å². The second-order valence-electron chi connectivity index (χ2n) is 6.68. The number of aryl methyl sites for hydroxylation is 1. The van der Waals surface area contributed by atoms with Crippen molar-refractivity contribution in [3.8, 4) is 5.75 Å². The number of benzene rings is 3. The molecule has 0 atom stereocenters. The molecule has 0 saturated heterocycles. The number of aromatic nitrogens is 1. The maximum absolute atomic E-state index is 11.5. The van der Waals surface area contributed by atoms with Crippen LogP contribution in [-0.4, -0.2) is 23.1 Å². The summed E-state index contributed by atoms with van der Waals surface area (Å²) in [6, 6.07) is 19.8. The standard InChI is InChI=1S/C14H16O3S.C9H7NO.Na/c1-2-3-6-12-10-9-11-7-4-5-8-13(11)14(12)18(15,16)17;11-8-5-1-3-7-4-2-6-10-9(7)8;/h4-5,7-10H,2-3,6H2,1H3,(H,15,16,17);1-6,11H;/q;;+1/p-1. The fourth-order valence-corrected chi connectivity index (χ4v) is 4.18. The van der Waals surface area contributed by atoms with Crippen molar-refractivity contribution >= 4 is 31.8 Å². The minimum Gasteiger partial charge on any atom is -0.744 e. The Bertz CT molecular complexity index is 1240. The maximum Gasteiger partial charge on any atom is 1.00 e. The van der Waals surface area contributed by atoms with E-state index in [2.05, 4.69) is 4.98 Å². The molecule has 0 aliphatic carbocycles. The number of fused-ring (bicyclic) bond motifs is 2. The molecule has 0 aliphatic rings. The van der Waals surface area contributed by atoms with Crippen LogP contribution in [0.3, 0.4) is 0 Å². The minimum atomic E-state index is -4.44. The number of rotatable bonds is 4. The van der Waals surface area contributed by atoms with Crippen molar-refractivity contribution in [3.63, 3.8) is 0 Å². The molecule has 4 rings (SSSR count). The zero-order valence-corrected chi connectivity index (χ0v) is 19.9. The average molecular weight is 431 g/mol. The van der Waals surface area contributed by atoms with E-state index in [1.807, 2.05) is 43.3 Å². The molecule has 1 N–H and O–H groups in total. The van der Waals surface area contributed by atoms with E-state index < -0.39 is 10.1 Å². The predicted octanol–water partition coefficient (Wildman–Crippen LogP) is 2.03. The Hall–Kier alpha value is -1.96. The van der Waals surface area contributed by atoms with Crippen LogP contribution >= 0.6 is 0 Å². The molecular formula is C23H22NNaO4S. The summed E-state index contributed by atoms with van der Waals surface area (Å²) in [5.41, 5.74) is 1.29. The monoisotopic (exact) mass is 431 g/mol. The van der Waals surface area contributed by atoms with Crippen LogP contribution in [-0.2, 0) is 16.5 Å². The van der Waals surface area contributed by atoms with Crippen molar-refractivity contribution in [1.29, 1.82) is 0 Å². The van der Waals surface area contributed by atoms with E-state index in [0.29, 0.717) is 22.9 Å². The van der Waals surface area contributed by atoms with Crippen molar-refractivity contribution < 1.29 is 47.6 Å². The molecule has 0 amide bonds. The zero-order chi connectivity index (χ0) is 20.9. The van der Waals surface area contributed by atoms with Gasteiger partial charge in [0.25, 0.3) is 0 Å². The average Bonchev–Trinajstić information content (AvgIpc) is 2.72. The summed E-state index contributed by atoms with van der Waals surface area (Å²) in [4.78, 5) is 3.98. The molecule has 1 aromatic heterocycles. The van der Waals surface area contributed by atoms with E-state index >= 15 is 0 Å². The third-order valence-corrected chi connectivity index (χ3v) is 5.60. The van der Waals surface area contributed by atoms with Crippen LogP contribution in [0.4, 0.5) is 0 Å². The molecule has 7 heteroatoms. The van der Waals surface area contributed by atoms with Gasteiger partial charge in [0.15, 0.2) is 0 Å². The molecular weight excluding hydrogens is 409 g/mol. The van der Waals surface area contributed by atoms with Crippen molar-refractivity contribution in [2.45, 2.75) is 31.1 Å². The summed E-state index contributed by atoms with van der Waals surface area (Å²) in [5, 5.41) is 11.6. The number of unbranched alkanes of at least 4 members (excludes halogenated alkanes) is 1. The molecule has 0 radical (unpaired) electrons. The number of hydrogen-bond acceptors (Lipinski definition) is 5.